The Bertz CT molecular complexity index is 98.6. The van der Waals surface area contributed by atoms with E-state index in [0.29, 0.717) is 0 Å². The van der Waals surface area contributed by atoms with E-state index in [1.165, 1.54) is 0 Å². The van der Waals surface area contributed by atoms with Crippen LogP contribution in [0.3, 0.4) is 0 Å². The molecule has 0 aliphatic rings. The molecule has 0 aromatic heterocycles. The summed E-state index contributed by atoms with van der Waals surface area (Å²) in [4.78, 5) is 4.53. The molecular formula is C5H10N2S. The van der Waals surface area contributed by atoms with Crippen LogP contribution in [0, 0.1) is 0 Å². The van der Waals surface area contributed by atoms with E-state index in [1.54, 1.807) is 13.4 Å². The molecule has 0 radical (unpaired) electrons. The van der Waals surface area contributed by atoms with Gasteiger partial charge in [0.15, 0.2) is 0 Å². The standard InChI is InChI=1S/C5H10N2S/c1-3-5(8)7-4-6-2/h4H,3H2,1-2H3,(H,6,7,8). The van der Waals surface area contributed by atoms with Crippen molar-refractivity contribution in [3.05, 3.63) is 0 Å². The summed E-state index contributed by atoms with van der Waals surface area (Å²) in [6.45, 7) is 2.00. The van der Waals surface area contributed by atoms with Crippen LogP contribution in [0.25, 0.3) is 0 Å². The van der Waals surface area contributed by atoms with Gasteiger partial charge < -0.3 is 5.32 Å². The van der Waals surface area contributed by atoms with Gasteiger partial charge in [0, 0.05) is 7.05 Å². The van der Waals surface area contributed by atoms with Crippen LogP contribution < -0.4 is 5.32 Å². The molecule has 0 rings (SSSR count). The first-order valence-electron chi connectivity index (χ1n) is 2.51. The number of thiocarbonyl (C=S) groups is 1. The van der Waals surface area contributed by atoms with E-state index in [0.717, 1.165) is 11.4 Å². The van der Waals surface area contributed by atoms with Crippen molar-refractivity contribution in [1.29, 1.82) is 0 Å². The Morgan fingerprint density at radius 2 is 2.50 bits per heavy atom. The summed E-state index contributed by atoms with van der Waals surface area (Å²) in [5.41, 5.74) is 0. The minimum absolute atomic E-state index is 0.829. The van der Waals surface area contributed by atoms with Gasteiger partial charge in [0.05, 0.1) is 11.3 Å². The van der Waals surface area contributed by atoms with Crippen molar-refractivity contribution in [1.82, 2.24) is 5.32 Å². The molecule has 0 aromatic rings. The molecule has 0 saturated heterocycles. The van der Waals surface area contributed by atoms with Crippen LogP contribution in [-0.4, -0.2) is 18.4 Å². The molecule has 46 valence electrons. The predicted octanol–water partition coefficient (Wildman–Crippen LogP) is 0.972. The van der Waals surface area contributed by atoms with E-state index in [2.05, 4.69) is 10.3 Å². The molecule has 0 bridgehead atoms. The van der Waals surface area contributed by atoms with Crippen LogP contribution in [0.2, 0.25) is 0 Å². The lowest BCUT2D eigenvalue weighted by atomic mass is 10.5. The average molecular weight is 130 g/mol. The van der Waals surface area contributed by atoms with Gasteiger partial charge in [-0.2, -0.15) is 0 Å². The quantitative estimate of drug-likeness (QED) is 0.342. The molecule has 0 amide bonds. The maximum atomic E-state index is 4.82. The van der Waals surface area contributed by atoms with Crippen molar-refractivity contribution < 1.29 is 0 Å². The Morgan fingerprint density at radius 3 is 2.88 bits per heavy atom. The Morgan fingerprint density at radius 1 is 1.88 bits per heavy atom. The van der Waals surface area contributed by atoms with Crippen LogP contribution in [0.15, 0.2) is 4.99 Å². The highest BCUT2D eigenvalue weighted by Crippen LogP contribution is 1.75. The molecule has 0 aromatic carbocycles. The minimum Gasteiger partial charge on any atom is -0.341 e. The van der Waals surface area contributed by atoms with Crippen molar-refractivity contribution in [2.75, 3.05) is 7.05 Å². The zero-order valence-corrected chi connectivity index (χ0v) is 5.96. The number of rotatable bonds is 2. The highest BCUT2D eigenvalue weighted by atomic mass is 32.1. The second kappa shape index (κ2) is 4.71. The first-order valence-corrected chi connectivity index (χ1v) is 2.92. The molecule has 0 fully saturated rings. The SMILES string of the molecule is CCC(=S)NC=NC. The van der Waals surface area contributed by atoms with Gasteiger partial charge in [0.25, 0.3) is 0 Å². The van der Waals surface area contributed by atoms with E-state index in [9.17, 15) is 0 Å². The first-order chi connectivity index (χ1) is 3.81. The predicted molar refractivity (Wildman–Crippen MR) is 40.4 cm³/mol. The van der Waals surface area contributed by atoms with E-state index in [1.807, 2.05) is 6.92 Å². The van der Waals surface area contributed by atoms with Crippen molar-refractivity contribution in [3.63, 3.8) is 0 Å². The third-order valence-electron chi connectivity index (χ3n) is 0.676. The third-order valence-corrected chi connectivity index (χ3v) is 1.08. The zero-order valence-electron chi connectivity index (χ0n) is 5.14. The zero-order chi connectivity index (χ0) is 6.41. The van der Waals surface area contributed by atoms with Crippen molar-refractivity contribution in [2.24, 2.45) is 4.99 Å². The van der Waals surface area contributed by atoms with Gasteiger partial charge in [-0.15, -0.1) is 0 Å². The number of hydrogen-bond donors (Lipinski definition) is 1. The van der Waals surface area contributed by atoms with Gasteiger partial charge in [-0.25, -0.2) is 0 Å². The largest absolute Gasteiger partial charge is 0.341 e. The molecular weight excluding hydrogens is 120 g/mol. The Balaban J connectivity index is 3.25. The number of aliphatic imine (C=N–C) groups is 1. The Labute approximate surface area is 55.0 Å². The molecule has 0 unspecified atom stereocenters. The monoisotopic (exact) mass is 130 g/mol. The van der Waals surface area contributed by atoms with Gasteiger partial charge in [0.1, 0.15) is 0 Å². The molecule has 0 spiro atoms. The molecule has 3 heteroatoms. The fraction of sp³-hybridized carbons (Fsp3) is 0.600. The van der Waals surface area contributed by atoms with Gasteiger partial charge >= 0.3 is 0 Å². The summed E-state index contributed by atoms with van der Waals surface area (Å²) in [5.74, 6) is 0. The fourth-order valence-electron chi connectivity index (χ4n) is 0.239. The van der Waals surface area contributed by atoms with Crippen molar-refractivity contribution in [2.45, 2.75) is 13.3 Å². The molecule has 0 heterocycles. The summed E-state index contributed by atoms with van der Waals surface area (Å²) in [6.07, 6.45) is 2.47. The van der Waals surface area contributed by atoms with Gasteiger partial charge in [-0.05, 0) is 6.42 Å². The molecule has 0 aliphatic carbocycles. The third kappa shape index (κ3) is 3.74. The lowest BCUT2D eigenvalue weighted by Gasteiger charge is -1.94. The molecule has 0 saturated carbocycles. The summed E-state index contributed by atoms with van der Waals surface area (Å²) >= 11 is 4.82. The van der Waals surface area contributed by atoms with Crippen LogP contribution >= 0.6 is 12.2 Å². The second-order valence-electron chi connectivity index (χ2n) is 1.31. The molecule has 2 nitrogen and oxygen atoms in total. The molecule has 8 heavy (non-hydrogen) atoms. The topological polar surface area (TPSA) is 24.4 Å². The Hall–Kier alpha value is -0.440. The smallest absolute Gasteiger partial charge is 0.0868 e. The maximum absolute atomic E-state index is 4.82. The van der Waals surface area contributed by atoms with Crippen LogP contribution in [0.1, 0.15) is 13.3 Å². The molecule has 0 aliphatic heterocycles. The fourth-order valence-corrected chi connectivity index (χ4v) is 0.291. The van der Waals surface area contributed by atoms with Gasteiger partial charge in [0.2, 0.25) is 0 Å². The van der Waals surface area contributed by atoms with Crippen molar-refractivity contribution >= 4 is 23.5 Å². The molecule has 0 atom stereocenters. The first kappa shape index (κ1) is 7.56. The van der Waals surface area contributed by atoms with Crippen LogP contribution in [0.4, 0.5) is 0 Å². The lowest BCUT2D eigenvalue weighted by molar-refractivity contribution is 1.23. The number of nitrogens with zero attached hydrogens (tertiary/aromatic N) is 1. The van der Waals surface area contributed by atoms with E-state index in [-0.39, 0.29) is 0 Å². The Kier molecular flexibility index (Phi) is 4.45. The summed E-state index contributed by atoms with van der Waals surface area (Å²) in [6, 6.07) is 0. The normalized spacial score (nSPS) is 9.75. The van der Waals surface area contributed by atoms with Gasteiger partial charge in [-0.3, -0.25) is 4.99 Å². The van der Waals surface area contributed by atoms with Crippen LogP contribution in [0.5, 0.6) is 0 Å². The molecule has 1 N–H and O–H groups in total. The summed E-state index contributed by atoms with van der Waals surface area (Å²) in [5, 5.41) is 2.82. The van der Waals surface area contributed by atoms with E-state index in [4.69, 9.17) is 12.2 Å². The van der Waals surface area contributed by atoms with E-state index >= 15 is 0 Å². The minimum atomic E-state index is 0.829. The average Bonchev–Trinajstić information content (AvgIpc) is 1.83. The van der Waals surface area contributed by atoms with Gasteiger partial charge in [-0.1, -0.05) is 19.1 Å². The maximum Gasteiger partial charge on any atom is 0.0868 e. The highest BCUT2D eigenvalue weighted by molar-refractivity contribution is 7.80. The summed E-state index contributed by atoms with van der Waals surface area (Å²) in [7, 11) is 1.70. The van der Waals surface area contributed by atoms with E-state index < -0.39 is 0 Å². The second-order valence-corrected chi connectivity index (χ2v) is 1.80. The lowest BCUT2D eigenvalue weighted by Crippen LogP contribution is -2.17. The number of nitrogens with one attached hydrogen (secondary N) is 1. The van der Waals surface area contributed by atoms with Crippen molar-refractivity contribution in [3.8, 4) is 0 Å². The number of hydrogen-bond acceptors (Lipinski definition) is 2. The summed E-state index contributed by atoms with van der Waals surface area (Å²) < 4.78 is 0. The van der Waals surface area contributed by atoms with Crippen LogP contribution in [-0.2, 0) is 0 Å². The highest BCUT2D eigenvalue weighted by Gasteiger charge is 1.82.